The Morgan fingerprint density at radius 1 is 1.40 bits per heavy atom. The summed E-state index contributed by atoms with van der Waals surface area (Å²) < 4.78 is 0. The molecule has 4 heteroatoms. The molecule has 0 saturated heterocycles. The van der Waals surface area contributed by atoms with E-state index < -0.39 is 11.5 Å². The van der Waals surface area contributed by atoms with Gasteiger partial charge in [0.2, 0.25) is 5.91 Å². The van der Waals surface area contributed by atoms with E-state index in [4.69, 9.17) is 5.11 Å². The molecule has 1 unspecified atom stereocenters. The highest BCUT2D eigenvalue weighted by Crippen LogP contribution is 2.28. The molecule has 0 aromatic carbocycles. The third-order valence-corrected chi connectivity index (χ3v) is 3.04. The minimum absolute atomic E-state index is 0.00926. The summed E-state index contributed by atoms with van der Waals surface area (Å²) in [6.07, 6.45) is -0.859. The largest absolute Gasteiger partial charge is 0.394 e. The van der Waals surface area contributed by atoms with Crippen LogP contribution in [0.25, 0.3) is 0 Å². The molecule has 0 rings (SSSR count). The number of carbonyl (C=O) groups is 1. The van der Waals surface area contributed by atoms with E-state index in [1.54, 1.807) is 7.05 Å². The third-order valence-electron chi connectivity index (χ3n) is 3.04. The second-order valence-electron chi connectivity index (χ2n) is 4.90. The minimum Gasteiger partial charge on any atom is -0.394 e. The van der Waals surface area contributed by atoms with Gasteiger partial charge in [-0.05, 0) is 5.92 Å². The highest BCUT2D eigenvalue weighted by Gasteiger charge is 2.33. The van der Waals surface area contributed by atoms with E-state index in [-0.39, 0.29) is 25.0 Å². The van der Waals surface area contributed by atoms with Crippen LogP contribution in [0.1, 0.15) is 27.7 Å². The zero-order valence-corrected chi connectivity index (χ0v) is 10.3. The molecule has 0 heterocycles. The summed E-state index contributed by atoms with van der Waals surface area (Å²) in [4.78, 5) is 13.5. The second kappa shape index (κ2) is 5.47. The molecule has 0 fully saturated rings. The lowest BCUT2D eigenvalue weighted by Gasteiger charge is -2.33. The maximum Gasteiger partial charge on any atom is 0.228 e. The lowest BCUT2D eigenvalue weighted by Crippen LogP contribution is -2.45. The van der Waals surface area contributed by atoms with Gasteiger partial charge in [0.1, 0.15) is 0 Å². The summed E-state index contributed by atoms with van der Waals surface area (Å²) >= 11 is 0. The number of rotatable bonds is 5. The first-order valence-electron chi connectivity index (χ1n) is 5.28. The maximum absolute atomic E-state index is 12.0. The molecule has 15 heavy (non-hydrogen) atoms. The van der Waals surface area contributed by atoms with Crippen molar-refractivity contribution in [1.29, 1.82) is 0 Å². The normalized spacial score (nSPS) is 14.1. The molecule has 90 valence electrons. The number of amides is 1. The Labute approximate surface area is 91.9 Å². The predicted octanol–water partition coefficient (Wildman–Crippen LogP) is 0.480. The third kappa shape index (κ3) is 3.80. The van der Waals surface area contributed by atoms with E-state index in [2.05, 4.69) is 0 Å². The Balaban J connectivity index is 4.44. The fourth-order valence-corrected chi connectivity index (χ4v) is 1.20. The van der Waals surface area contributed by atoms with Crippen molar-refractivity contribution in [1.82, 2.24) is 4.90 Å². The fraction of sp³-hybridized carbons (Fsp3) is 0.909. The molecule has 0 radical (unpaired) electrons. The summed E-state index contributed by atoms with van der Waals surface area (Å²) in [5.74, 6) is 0.226. The number of hydrogen-bond donors (Lipinski definition) is 2. The van der Waals surface area contributed by atoms with Crippen LogP contribution in [0.2, 0.25) is 0 Å². The maximum atomic E-state index is 12.0. The smallest absolute Gasteiger partial charge is 0.228 e. The van der Waals surface area contributed by atoms with Crippen molar-refractivity contribution in [2.75, 3.05) is 20.2 Å². The first-order chi connectivity index (χ1) is 6.73. The number of aliphatic hydroxyl groups is 2. The summed E-state index contributed by atoms with van der Waals surface area (Å²) in [6.45, 7) is 7.62. The molecule has 1 atom stereocenters. The molecular weight excluding hydrogens is 194 g/mol. The van der Waals surface area contributed by atoms with Gasteiger partial charge in [0.25, 0.3) is 0 Å². The topological polar surface area (TPSA) is 60.8 Å². The highest BCUT2D eigenvalue weighted by molar-refractivity contribution is 5.82. The Morgan fingerprint density at radius 2 is 1.87 bits per heavy atom. The number of nitrogens with zero attached hydrogens (tertiary/aromatic N) is 1. The molecule has 0 aromatic heterocycles. The summed E-state index contributed by atoms with van der Waals surface area (Å²) in [5.41, 5.74) is -0.441. The van der Waals surface area contributed by atoms with E-state index in [1.165, 1.54) is 4.90 Å². The van der Waals surface area contributed by atoms with Crippen LogP contribution in [-0.2, 0) is 4.79 Å². The molecule has 0 bridgehead atoms. The van der Waals surface area contributed by atoms with Crippen LogP contribution in [0.4, 0.5) is 0 Å². The van der Waals surface area contributed by atoms with Crippen molar-refractivity contribution in [3.05, 3.63) is 0 Å². The number of likely N-dealkylation sites (N-methyl/N-ethyl adjacent to an activating group) is 1. The number of hydrogen-bond acceptors (Lipinski definition) is 3. The molecule has 0 saturated carbocycles. The van der Waals surface area contributed by atoms with Gasteiger partial charge in [-0.15, -0.1) is 0 Å². The monoisotopic (exact) mass is 217 g/mol. The number of carbonyl (C=O) groups excluding carboxylic acids is 1. The van der Waals surface area contributed by atoms with Gasteiger partial charge in [-0.2, -0.15) is 0 Å². The van der Waals surface area contributed by atoms with E-state index >= 15 is 0 Å². The standard InChI is InChI=1S/C11H23NO3/c1-8(2)11(3,4)10(15)12(5)6-9(14)7-13/h8-9,13-14H,6-7H2,1-5H3. The van der Waals surface area contributed by atoms with Gasteiger partial charge >= 0.3 is 0 Å². The van der Waals surface area contributed by atoms with Crippen LogP contribution in [-0.4, -0.2) is 47.3 Å². The summed E-state index contributed by atoms with van der Waals surface area (Å²) in [7, 11) is 1.64. The quantitative estimate of drug-likeness (QED) is 0.704. The molecule has 4 nitrogen and oxygen atoms in total. The van der Waals surface area contributed by atoms with Crippen molar-refractivity contribution >= 4 is 5.91 Å². The number of aliphatic hydroxyl groups excluding tert-OH is 2. The molecule has 0 aliphatic carbocycles. The molecule has 0 aromatic rings. The zero-order chi connectivity index (χ0) is 12.2. The van der Waals surface area contributed by atoms with Crippen molar-refractivity contribution in [2.24, 2.45) is 11.3 Å². The van der Waals surface area contributed by atoms with Crippen LogP contribution in [0, 0.1) is 11.3 Å². The van der Waals surface area contributed by atoms with E-state index in [0.29, 0.717) is 0 Å². The van der Waals surface area contributed by atoms with Crippen molar-refractivity contribution < 1.29 is 15.0 Å². The molecular formula is C11H23NO3. The molecule has 2 N–H and O–H groups in total. The Morgan fingerprint density at radius 3 is 2.20 bits per heavy atom. The molecule has 0 aliphatic rings. The van der Waals surface area contributed by atoms with E-state index in [1.807, 2.05) is 27.7 Å². The Bertz CT molecular complexity index is 214. The van der Waals surface area contributed by atoms with E-state index in [9.17, 15) is 9.90 Å². The van der Waals surface area contributed by atoms with Crippen molar-refractivity contribution in [3.8, 4) is 0 Å². The summed E-state index contributed by atoms with van der Waals surface area (Å²) in [6, 6.07) is 0. The minimum atomic E-state index is -0.859. The van der Waals surface area contributed by atoms with Gasteiger partial charge in [0.15, 0.2) is 0 Å². The molecule has 0 spiro atoms. The Kier molecular flexibility index (Phi) is 5.24. The van der Waals surface area contributed by atoms with Crippen LogP contribution < -0.4 is 0 Å². The SMILES string of the molecule is CC(C)C(C)(C)C(=O)N(C)CC(O)CO. The first kappa shape index (κ1) is 14.4. The molecule has 0 aliphatic heterocycles. The van der Waals surface area contributed by atoms with Gasteiger partial charge in [-0.1, -0.05) is 27.7 Å². The highest BCUT2D eigenvalue weighted by atomic mass is 16.3. The van der Waals surface area contributed by atoms with Gasteiger partial charge < -0.3 is 15.1 Å². The predicted molar refractivity (Wildman–Crippen MR) is 59.3 cm³/mol. The van der Waals surface area contributed by atoms with Crippen LogP contribution in [0.5, 0.6) is 0 Å². The fourth-order valence-electron chi connectivity index (χ4n) is 1.20. The zero-order valence-electron chi connectivity index (χ0n) is 10.3. The van der Waals surface area contributed by atoms with Crippen LogP contribution >= 0.6 is 0 Å². The lowest BCUT2D eigenvalue weighted by atomic mass is 9.80. The Hall–Kier alpha value is -0.610. The lowest BCUT2D eigenvalue weighted by molar-refractivity contribution is -0.142. The second-order valence-corrected chi connectivity index (χ2v) is 4.90. The average Bonchev–Trinajstić information content (AvgIpc) is 2.15. The van der Waals surface area contributed by atoms with Gasteiger partial charge in [-0.3, -0.25) is 4.79 Å². The van der Waals surface area contributed by atoms with Gasteiger partial charge in [0.05, 0.1) is 12.7 Å². The van der Waals surface area contributed by atoms with E-state index in [0.717, 1.165) is 0 Å². The molecule has 1 amide bonds. The van der Waals surface area contributed by atoms with Crippen LogP contribution in [0.3, 0.4) is 0 Å². The van der Waals surface area contributed by atoms with Gasteiger partial charge in [-0.25, -0.2) is 0 Å². The van der Waals surface area contributed by atoms with Crippen molar-refractivity contribution in [2.45, 2.75) is 33.8 Å². The average molecular weight is 217 g/mol. The van der Waals surface area contributed by atoms with Crippen molar-refractivity contribution in [3.63, 3.8) is 0 Å². The summed E-state index contributed by atoms with van der Waals surface area (Å²) in [5, 5.41) is 17.9. The van der Waals surface area contributed by atoms with Crippen LogP contribution in [0.15, 0.2) is 0 Å². The van der Waals surface area contributed by atoms with Gasteiger partial charge in [0, 0.05) is 19.0 Å². The first-order valence-corrected chi connectivity index (χ1v) is 5.28.